The van der Waals surface area contributed by atoms with Gasteiger partial charge in [-0.3, -0.25) is 9.69 Å². The number of piperazine rings is 1. The molecule has 222 valence electrons. The Morgan fingerprint density at radius 1 is 1.21 bits per heavy atom. The number of aromatic nitrogens is 4. The van der Waals surface area contributed by atoms with Crippen molar-refractivity contribution in [2.45, 2.75) is 32.4 Å². The molecule has 1 aromatic carbocycles. The van der Waals surface area contributed by atoms with Crippen LogP contribution in [0.15, 0.2) is 59.1 Å². The number of fused-ring (bicyclic) bond motifs is 1. The molecule has 0 radical (unpaired) electrons. The summed E-state index contributed by atoms with van der Waals surface area (Å²) in [4.78, 5) is 35.8. The van der Waals surface area contributed by atoms with Crippen molar-refractivity contribution in [2.24, 2.45) is 10.9 Å². The number of aromatic amines is 1. The predicted octanol–water partition coefficient (Wildman–Crippen LogP) is 4.81. The van der Waals surface area contributed by atoms with Crippen LogP contribution in [0.25, 0.3) is 22.3 Å². The van der Waals surface area contributed by atoms with Crippen LogP contribution in [0.4, 0.5) is 19.1 Å². The number of aliphatic imine (C=N–C) groups is 1. The molecule has 0 atom stereocenters. The van der Waals surface area contributed by atoms with Crippen LogP contribution < -0.4 is 10.1 Å². The second kappa shape index (κ2) is 12.7. The fourth-order valence-electron chi connectivity index (χ4n) is 4.63. The lowest BCUT2D eigenvalue weighted by Gasteiger charge is -2.35. The van der Waals surface area contributed by atoms with Crippen molar-refractivity contribution in [2.75, 3.05) is 44.6 Å². The monoisotopic (exact) mass is 582 g/mol. The van der Waals surface area contributed by atoms with E-state index in [1.807, 2.05) is 43.3 Å². The Morgan fingerprint density at radius 3 is 2.69 bits per heavy atom. The number of hydrogen-bond donors (Lipinski definition) is 2. The molecule has 1 aliphatic carbocycles. The normalized spacial score (nSPS) is 17.0. The van der Waals surface area contributed by atoms with E-state index in [9.17, 15) is 18.0 Å². The van der Waals surface area contributed by atoms with Gasteiger partial charge in [-0.2, -0.15) is 13.2 Å². The van der Waals surface area contributed by atoms with Gasteiger partial charge in [0.25, 0.3) is 0 Å². The number of allylic oxidation sites excluding steroid dienone is 1. The molecule has 0 bridgehead atoms. The highest BCUT2D eigenvalue weighted by molar-refractivity contribution is 5.83. The number of H-pyrrole nitrogens is 1. The second-order valence-electron chi connectivity index (χ2n) is 10.4. The van der Waals surface area contributed by atoms with Crippen LogP contribution in [0.2, 0.25) is 0 Å². The van der Waals surface area contributed by atoms with Crippen LogP contribution in [-0.4, -0.2) is 87.9 Å². The van der Waals surface area contributed by atoms with E-state index in [2.05, 4.69) is 41.9 Å². The molecular weight excluding hydrogens is 549 g/mol. The Labute approximate surface area is 241 Å². The third-order valence-corrected chi connectivity index (χ3v) is 7.18. The summed E-state index contributed by atoms with van der Waals surface area (Å²) < 4.78 is 43.5. The molecule has 10 nitrogen and oxygen atoms in total. The third-order valence-electron chi connectivity index (χ3n) is 7.18. The van der Waals surface area contributed by atoms with Gasteiger partial charge in [0.2, 0.25) is 17.7 Å². The van der Waals surface area contributed by atoms with E-state index >= 15 is 0 Å². The number of amides is 1. The minimum atomic E-state index is -4.49. The number of nitrogens with one attached hydrogen (secondary N) is 2. The molecule has 3 aromatic rings. The second-order valence-corrected chi connectivity index (χ2v) is 10.4. The Hall–Kier alpha value is -4.26. The molecule has 2 fully saturated rings. The van der Waals surface area contributed by atoms with E-state index in [1.54, 1.807) is 0 Å². The predicted molar refractivity (Wildman–Crippen MR) is 154 cm³/mol. The SMILES string of the molecule is C=N/C(=C\C(=C/C)CN1CCN(C(=O)CC(F)(F)F)CC1)Nc1nc2ccc(-c3cc(OCC4CC4)ncn3)cc2[nH]1. The minimum absolute atomic E-state index is 0.255. The first-order chi connectivity index (χ1) is 20.2. The highest BCUT2D eigenvalue weighted by Crippen LogP contribution is 2.30. The summed E-state index contributed by atoms with van der Waals surface area (Å²) in [6.45, 7) is 8.26. The van der Waals surface area contributed by atoms with Gasteiger partial charge in [0.05, 0.1) is 23.3 Å². The number of rotatable bonds is 11. The summed E-state index contributed by atoms with van der Waals surface area (Å²) >= 11 is 0. The van der Waals surface area contributed by atoms with Crippen molar-refractivity contribution in [3.05, 3.63) is 54.1 Å². The van der Waals surface area contributed by atoms with Crippen molar-refractivity contribution in [1.82, 2.24) is 29.7 Å². The standard InChI is InChI=1S/C29H33F3N8O2/c1-3-19(16-39-8-10-40(11-9-39)27(41)15-29(30,31)32)12-25(33-2)38-28-36-22-7-6-21(13-24(22)37-28)23-14-26(35-18-34-23)42-17-20-4-5-20/h3,6-7,12-14,18,20H,2,4-5,8-11,15-17H2,1H3,(H2,36,37,38)/b19-3+,25-12+. The van der Waals surface area contributed by atoms with Crippen molar-refractivity contribution in [3.63, 3.8) is 0 Å². The number of anilines is 1. The van der Waals surface area contributed by atoms with Crippen LogP contribution >= 0.6 is 0 Å². The molecule has 1 saturated heterocycles. The minimum Gasteiger partial charge on any atom is -0.477 e. The van der Waals surface area contributed by atoms with Gasteiger partial charge in [0.15, 0.2) is 0 Å². The number of nitrogens with zero attached hydrogens (tertiary/aromatic N) is 6. The summed E-state index contributed by atoms with van der Waals surface area (Å²) in [6, 6.07) is 7.64. The Morgan fingerprint density at radius 2 is 2.00 bits per heavy atom. The van der Waals surface area contributed by atoms with E-state index in [1.165, 1.54) is 24.1 Å². The number of halogens is 3. The smallest absolute Gasteiger partial charge is 0.397 e. The molecule has 1 saturated carbocycles. The van der Waals surface area contributed by atoms with Crippen LogP contribution in [-0.2, 0) is 4.79 Å². The molecule has 13 heteroatoms. The maximum absolute atomic E-state index is 12.6. The zero-order chi connectivity index (χ0) is 29.7. The highest BCUT2D eigenvalue weighted by atomic mass is 19.4. The summed E-state index contributed by atoms with van der Waals surface area (Å²) in [6.07, 6.45) is 1.77. The first kappa shape index (κ1) is 29.2. The van der Waals surface area contributed by atoms with E-state index in [0.29, 0.717) is 49.8 Å². The first-order valence-corrected chi connectivity index (χ1v) is 13.8. The van der Waals surface area contributed by atoms with Crippen molar-refractivity contribution < 1.29 is 22.7 Å². The van der Waals surface area contributed by atoms with Crippen molar-refractivity contribution >= 4 is 29.6 Å². The van der Waals surface area contributed by atoms with Gasteiger partial charge in [-0.25, -0.2) is 19.9 Å². The van der Waals surface area contributed by atoms with Gasteiger partial charge in [-0.05, 0) is 56.2 Å². The quantitative estimate of drug-likeness (QED) is 0.247. The van der Waals surface area contributed by atoms with Gasteiger partial charge in [0.1, 0.15) is 18.6 Å². The van der Waals surface area contributed by atoms with Crippen LogP contribution in [0.5, 0.6) is 5.88 Å². The van der Waals surface area contributed by atoms with Crippen LogP contribution in [0.1, 0.15) is 26.2 Å². The average molecular weight is 583 g/mol. The van der Waals surface area contributed by atoms with Gasteiger partial charge in [-0.15, -0.1) is 0 Å². The fourth-order valence-corrected chi connectivity index (χ4v) is 4.63. The topological polar surface area (TPSA) is 112 Å². The zero-order valence-corrected chi connectivity index (χ0v) is 23.3. The first-order valence-electron chi connectivity index (χ1n) is 13.8. The van der Waals surface area contributed by atoms with E-state index in [4.69, 9.17) is 4.74 Å². The van der Waals surface area contributed by atoms with Gasteiger partial charge >= 0.3 is 6.18 Å². The van der Waals surface area contributed by atoms with Crippen molar-refractivity contribution in [3.8, 4) is 17.1 Å². The van der Waals surface area contributed by atoms with E-state index in [0.717, 1.165) is 27.9 Å². The number of imidazole rings is 1. The summed E-state index contributed by atoms with van der Waals surface area (Å²) in [7, 11) is 0. The highest BCUT2D eigenvalue weighted by Gasteiger charge is 2.34. The summed E-state index contributed by atoms with van der Waals surface area (Å²) in [5.74, 6) is 1.28. The van der Waals surface area contributed by atoms with Crippen molar-refractivity contribution in [1.29, 1.82) is 0 Å². The maximum Gasteiger partial charge on any atom is 0.397 e. The Balaban J connectivity index is 1.20. The average Bonchev–Trinajstić information content (AvgIpc) is 3.72. The lowest BCUT2D eigenvalue weighted by molar-refractivity contribution is -0.162. The molecular formula is C29H33F3N8O2. The number of alkyl halides is 3. The molecule has 2 aromatic heterocycles. The van der Waals surface area contributed by atoms with E-state index < -0.39 is 18.5 Å². The zero-order valence-electron chi connectivity index (χ0n) is 23.3. The molecule has 3 heterocycles. The van der Waals surface area contributed by atoms with Crippen LogP contribution in [0.3, 0.4) is 0 Å². The lowest BCUT2D eigenvalue weighted by atomic mass is 10.1. The number of carbonyl (C=O) groups excluding carboxylic acids is 1. The van der Waals surface area contributed by atoms with E-state index in [-0.39, 0.29) is 13.1 Å². The molecule has 0 unspecified atom stereocenters. The molecule has 1 amide bonds. The maximum atomic E-state index is 12.6. The number of hydrogen-bond acceptors (Lipinski definition) is 8. The Bertz CT molecular complexity index is 1490. The number of benzene rings is 1. The summed E-state index contributed by atoms with van der Waals surface area (Å²) in [5, 5.41) is 3.17. The molecule has 42 heavy (non-hydrogen) atoms. The molecule has 0 spiro atoms. The summed E-state index contributed by atoms with van der Waals surface area (Å²) in [5.41, 5.74) is 4.14. The van der Waals surface area contributed by atoms with Gasteiger partial charge in [0, 0.05) is 44.4 Å². The molecule has 2 aliphatic rings. The largest absolute Gasteiger partial charge is 0.477 e. The molecule has 1 aliphatic heterocycles. The lowest BCUT2D eigenvalue weighted by Crippen LogP contribution is -2.49. The number of carbonyl (C=O) groups is 1. The van der Waals surface area contributed by atoms with Gasteiger partial charge < -0.3 is 19.9 Å². The number of ether oxygens (including phenoxy) is 1. The fraction of sp³-hybridized carbons (Fsp3) is 0.414. The van der Waals surface area contributed by atoms with Crippen LogP contribution in [0, 0.1) is 5.92 Å². The molecule has 2 N–H and O–H groups in total. The van der Waals surface area contributed by atoms with Gasteiger partial charge in [-0.1, -0.05) is 12.1 Å². The Kier molecular flexibility index (Phi) is 8.86. The third kappa shape index (κ3) is 7.93. The molecule has 5 rings (SSSR count).